The summed E-state index contributed by atoms with van der Waals surface area (Å²) >= 11 is 0. The first-order valence-electron chi connectivity index (χ1n) is 9.92. The van der Waals surface area contributed by atoms with E-state index in [9.17, 15) is 4.79 Å². The van der Waals surface area contributed by atoms with Crippen molar-refractivity contribution in [2.45, 2.75) is 59.9 Å². The molecular weight excluding hydrogens is 354 g/mol. The Morgan fingerprint density at radius 3 is 2.32 bits per heavy atom. The van der Waals surface area contributed by atoms with Gasteiger partial charge in [0.2, 0.25) is 5.95 Å². The summed E-state index contributed by atoms with van der Waals surface area (Å²) in [5, 5.41) is 3.44. The van der Waals surface area contributed by atoms with Gasteiger partial charge in [-0.2, -0.15) is 0 Å². The van der Waals surface area contributed by atoms with Gasteiger partial charge in [0.05, 0.1) is 24.0 Å². The lowest BCUT2D eigenvalue weighted by atomic mass is 10.0. The number of rotatable bonds is 9. The van der Waals surface area contributed by atoms with Crippen molar-refractivity contribution in [3.05, 3.63) is 47.3 Å². The second-order valence-electron chi connectivity index (χ2n) is 7.35. The van der Waals surface area contributed by atoms with E-state index < -0.39 is 6.16 Å². The van der Waals surface area contributed by atoms with Gasteiger partial charge in [-0.3, -0.25) is 0 Å². The molecule has 1 heterocycles. The van der Waals surface area contributed by atoms with Gasteiger partial charge >= 0.3 is 6.16 Å². The van der Waals surface area contributed by atoms with Gasteiger partial charge in [0.1, 0.15) is 0 Å². The zero-order valence-corrected chi connectivity index (χ0v) is 17.5. The fourth-order valence-electron chi connectivity index (χ4n) is 2.84. The number of hydrogen-bond donors (Lipinski definition) is 1. The van der Waals surface area contributed by atoms with Crippen LogP contribution in [0, 0.1) is 19.8 Å². The molecule has 1 atom stereocenters. The molecule has 0 saturated heterocycles. The van der Waals surface area contributed by atoms with E-state index in [0.29, 0.717) is 29.7 Å². The van der Waals surface area contributed by atoms with E-state index in [1.54, 1.807) is 13.8 Å². The lowest BCUT2D eigenvalue weighted by Crippen LogP contribution is -2.17. The number of unbranched alkanes of at least 4 members (excludes halogenated alkanes) is 1. The van der Waals surface area contributed by atoms with Gasteiger partial charge < -0.3 is 14.8 Å². The second kappa shape index (κ2) is 10.6. The number of hydrogen-bond acceptors (Lipinski definition) is 6. The first kappa shape index (κ1) is 21.7. The van der Waals surface area contributed by atoms with E-state index in [4.69, 9.17) is 9.47 Å². The average molecular weight is 386 g/mol. The predicted molar refractivity (Wildman–Crippen MR) is 111 cm³/mol. The van der Waals surface area contributed by atoms with E-state index in [0.717, 1.165) is 19.3 Å². The van der Waals surface area contributed by atoms with Crippen LogP contribution in [0.4, 0.5) is 10.7 Å². The number of ether oxygens (including phenoxy) is 2. The number of aromatic nitrogens is 2. The molecule has 1 unspecified atom stereocenters. The number of aryl methyl sites for hydroxylation is 2. The van der Waals surface area contributed by atoms with E-state index >= 15 is 0 Å². The lowest BCUT2D eigenvalue weighted by molar-refractivity contribution is 0.0878. The van der Waals surface area contributed by atoms with Crippen LogP contribution in [0.1, 0.15) is 63.0 Å². The Balaban J connectivity index is 2.14. The summed E-state index contributed by atoms with van der Waals surface area (Å²) in [6.45, 7) is 10.0. The van der Waals surface area contributed by atoms with E-state index in [1.807, 2.05) is 32.0 Å². The molecule has 0 amide bonds. The van der Waals surface area contributed by atoms with Gasteiger partial charge in [-0.05, 0) is 31.7 Å². The number of carbonyl (C=O) groups is 1. The summed E-state index contributed by atoms with van der Waals surface area (Å²) in [7, 11) is 0. The van der Waals surface area contributed by atoms with Crippen LogP contribution >= 0.6 is 0 Å². The van der Waals surface area contributed by atoms with Gasteiger partial charge in [0, 0.05) is 0 Å². The fraction of sp³-hybridized carbons (Fsp3) is 0.500. The minimum atomic E-state index is -0.727. The molecule has 0 bridgehead atoms. The number of anilines is 1. The Morgan fingerprint density at radius 1 is 1.11 bits per heavy atom. The quantitative estimate of drug-likeness (QED) is 0.566. The van der Waals surface area contributed by atoms with E-state index in [-0.39, 0.29) is 12.0 Å². The first-order chi connectivity index (χ1) is 13.4. The summed E-state index contributed by atoms with van der Waals surface area (Å²) < 4.78 is 10.4. The van der Waals surface area contributed by atoms with Crippen molar-refractivity contribution in [2.75, 3.05) is 11.9 Å². The summed E-state index contributed by atoms with van der Waals surface area (Å²) in [5.74, 6) is 1.13. The van der Waals surface area contributed by atoms with E-state index in [2.05, 4.69) is 34.3 Å². The van der Waals surface area contributed by atoms with Crippen molar-refractivity contribution in [1.29, 1.82) is 0 Å². The maximum atomic E-state index is 11.9. The highest BCUT2D eigenvalue weighted by atomic mass is 16.7. The van der Waals surface area contributed by atoms with Crippen LogP contribution in [0.15, 0.2) is 30.3 Å². The number of nitrogens with zero attached hydrogens (tertiary/aromatic N) is 2. The molecule has 152 valence electrons. The molecule has 6 nitrogen and oxygen atoms in total. The third-order valence-electron chi connectivity index (χ3n) is 4.28. The van der Waals surface area contributed by atoms with Crippen molar-refractivity contribution >= 4 is 12.1 Å². The van der Waals surface area contributed by atoms with Crippen LogP contribution in [0.5, 0.6) is 5.75 Å². The maximum absolute atomic E-state index is 11.9. The molecule has 2 aromatic rings. The second-order valence-corrected chi connectivity index (χ2v) is 7.35. The maximum Gasteiger partial charge on any atom is 0.513 e. The Hall–Kier alpha value is -2.63. The molecular formula is C22H31N3O3. The Bertz CT molecular complexity index is 740. The standard InChI is InChI=1S/C22H31N3O3/c1-6-7-13-19(18-11-9-8-10-12-18)25-21-23-16(4)20(17(5)24-21)28-22(26)27-14-15(2)3/h8-12,15,19H,6-7,13-14H2,1-5H3,(H,23,24,25). The highest BCUT2D eigenvalue weighted by Crippen LogP contribution is 2.26. The molecule has 1 N–H and O–H groups in total. The summed E-state index contributed by atoms with van der Waals surface area (Å²) in [6.07, 6.45) is 2.49. The van der Waals surface area contributed by atoms with Crippen LogP contribution in [0.2, 0.25) is 0 Å². The molecule has 0 aliphatic carbocycles. The zero-order valence-electron chi connectivity index (χ0n) is 17.5. The SMILES string of the molecule is CCCCC(Nc1nc(C)c(OC(=O)OCC(C)C)c(C)n1)c1ccccc1. The number of nitrogens with one attached hydrogen (secondary N) is 1. The summed E-state index contributed by atoms with van der Waals surface area (Å²) in [4.78, 5) is 20.9. The summed E-state index contributed by atoms with van der Waals surface area (Å²) in [5.41, 5.74) is 2.39. The first-order valence-corrected chi connectivity index (χ1v) is 9.92. The molecule has 6 heteroatoms. The van der Waals surface area contributed by atoms with Crippen molar-refractivity contribution in [1.82, 2.24) is 9.97 Å². The van der Waals surface area contributed by atoms with Gasteiger partial charge in [-0.15, -0.1) is 0 Å². The molecule has 0 fully saturated rings. The Morgan fingerprint density at radius 2 is 1.75 bits per heavy atom. The highest BCUT2D eigenvalue weighted by molar-refractivity contribution is 5.64. The fourth-order valence-corrected chi connectivity index (χ4v) is 2.84. The third kappa shape index (κ3) is 6.51. The molecule has 0 aliphatic heterocycles. The normalized spacial score (nSPS) is 11.9. The van der Waals surface area contributed by atoms with Crippen LogP contribution < -0.4 is 10.1 Å². The van der Waals surface area contributed by atoms with Crippen molar-refractivity contribution in [3.8, 4) is 5.75 Å². The molecule has 0 spiro atoms. The highest BCUT2D eigenvalue weighted by Gasteiger charge is 2.18. The molecule has 1 aromatic heterocycles. The molecule has 0 radical (unpaired) electrons. The molecule has 0 aliphatic rings. The Kier molecular flexibility index (Phi) is 8.23. The Labute approximate surface area is 167 Å². The van der Waals surface area contributed by atoms with Crippen LogP contribution in [-0.2, 0) is 4.74 Å². The molecule has 0 saturated carbocycles. The van der Waals surface area contributed by atoms with Crippen LogP contribution in [0.25, 0.3) is 0 Å². The minimum absolute atomic E-state index is 0.128. The van der Waals surface area contributed by atoms with Crippen molar-refractivity contribution < 1.29 is 14.3 Å². The average Bonchev–Trinajstić information content (AvgIpc) is 2.67. The molecule has 28 heavy (non-hydrogen) atoms. The third-order valence-corrected chi connectivity index (χ3v) is 4.28. The topological polar surface area (TPSA) is 73.3 Å². The molecule has 1 aromatic carbocycles. The van der Waals surface area contributed by atoms with Crippen molar-refractivity contribution in [3.63, 3.8) is 0 Å². The van der Waals surface area contributed by atoms with Crippen molar-refractivity contribution in [2.24, 2.45) is 5.92 Å². The molecule has 2 rings (SSSR count). The lowest BCUT2D eigenvalue weighted by Gasteiger charge is -2.20. The van der Waals surface area contributed by atoms with Gasteiger partial charge in [-0.1, -0.05) is 63.9 Å². The van der Waals surface area contributed by atoms with Crippen LogP contribution in [0.3, 0.4) is 0 Å². The minimum Gasteiger partial charge on any atom is -0.434 e. The smallest absolute Gasteiger partial charge is 0.434 e. The largest absolute Gasteiger partial charge is 0.513 e. The van der Waals surface area contributed by atoms with Gasteiger partial charge in [-0.25, -0.2) is 14.8 Å². The zero-order chi connectivity index (χ0) is 20.5. The number of benzene rings is 1. The monoisotopic (exact) mass is 385 g/mol. The van der Waals surface area contributed by atoms with Crippen LogP contribution in [-0.4, -0.2) is 22.7 Å². The predicted octanol–water partition coefficient (Wildman–Crippen LogP) is 5.61. The number of carbonyl (C=O) groups excluding carboxylic acids is 1. The van der Waals surface area contributed by atoms with E-state index in [1.165, 1.54) is 5.56 Å². The summed E-state index contributed by atoms with van der Waals surface area (Å²) in [6, 6.07) is 10.4. The van der Waals surface area contributed by atoms with Gasteiger partial charge in [0.25, 0.3) is 0 Å². The van der Waals surface area contributed by atoms with Gasteiger partial charge in [0.15, 0.2) is 5.75 Å².